The Morgan fingerprint density at radius 2 is 2.00 bits per heavy atom. The Hall–Kier alpha value is -2.87. The summed E-state index contributed by atoms with van der Waals surface area (Å²) in [7, 11) is 0. The highest BCUT2D eigenvalue weighted by atomic mass is 35.5. The van der Waals surface area contributed by atoms with Gasteiger partial charge in [0.05, 0.1) is 29.5 Å². The van der Waals surface area contributed by atoms with Gasteiger partial charge >= 0.3 is 5.97 Å². The molecule has 0 aliphatic carbocycles. The van der Waals surface area contributed by atoms with Gasteiger partial charge in [0.2, 0.25) is 0 Å². The molecule has 1 amide bonds. The summed E-state index contributed by atoms with van der Waals surface area (Å²) in [5, 5.41) is 0.228. The third-order valence-electron chi connectivity index (χ3n) is 5.87. The topological polar surface area (TPSA) is 55.8 Å². The smallest absolute Gasteiger partial charge is 0.338 e. The largest absolute Gasteiger partial charge is 0.459 e. The first kappa shape index (κ1) is 22.9. The van der Waals surface area contributed by atoms with E-state index < -0.39 is 11.8 Å². The van der Waals surface area contributed by atoms with Gasteiger partial charge in [-0.05, 0) is 55.3 Å². The maximum atomic E-state index is 14.6. The van der Waals surface area contributed by atoms with Gasteiger partial charge < -0.3 is 14.4 Å². The van der Waals surface area contributed by atoms with Crippen LogP contribution in [0, 0.1) is 5.82 Å². The molecule has 0 spiro atoms. The summed E-state index contributed by atoms with van der Waals surface area (Å²) in [6.45, 7) is 0.777. The molecular weight excluding hydrogens is 477 g/mol. The Balaban J connectivity index is 1.52. The maximum Gasteiger partial charge on any atom is 0.338 e. The summed E-state index contributed by atoms with van der Waals surface area (Å²) in [6.07, 6.45) is 1.73. The predicted octanol–water partition coefficient (Wildman–Crippen LogP) is 6.13. The number of ether oxygens (including phenoxy) is 2. The number of carbonyl (C=O) groups excluding carboxylic acids is 2. The van der Waals surface area contributed by atoms with E-state index in [-0.39, 0.29) is 35.7 Å². The van der Waals surface area contributed by atoms with Crippen LogP contribution in [0.25, 0.3) is 0 Å². The number of esters is 1. The van der Waals surface area contributed by atoms with Crippen molar-refractivity contribution in [2.75, 3.05) is 18.1 Å². The van der Waals surface area contributed by atoms with Crippen LogP contribution in [0.5, 0.6) is 0 Å². The number of rotatable bonds is 5. The second-order valence-corrected chi connectivity index (χ2v) is 9.60. The molecule has 0 unspecified atom stereocenters. The number of benzene rings is 3. The molecule has 1 saturated heterocycles. The van der Waals surface area contributed by atoms with Crippen molar-refractivity contribution in [3.05, 3.63) is 88.2 Å². The SMILES string of the molecule is O=C(OC[C@H]1CCCO1)c1ccc2c(c1)N(Cc1c(F)cccc1Cl)C(=O)c1ccccc1S2. The van der Waals surface area contributed by atoms with E-state index >= 15 is 0 Å². The van der Waals surface area contributed by atoms with Gasteiger partial charge in [-0.25, -0.2) is 9.18 Å². The summed E-state index contributed by atoms with van der Waals surface area (Å²) < 4.78 is 25.6. The minimum absolute atomic E-state index is 0.0827. The Labute approximate surface area is 205 Å². The first-order valence-electron chi connectivity index (χ1n) is 11.0. The van der Waals surface area contributed by atoms with Crippen molar-refractivity contribution in [1.82, 2.24) is 0 Å². The number of hydrogen-bond donors (Lipinski definition) is 0. The van der Waals surface area contributed by atoms with Gasteiger partial charge in [0.1, 0.15) is 12.4 Å². The van der Waals surface area contributed by atoms with E-state index in [1.807, 2.05) is 12.1 Å². The third kappa shape index (κ3) is 4.56. The predicted molar refractivity (Wildman–Crippen MR) is 128 cm³/mol. The fourth-order valence-electron chi connectivity index (χ4n) is 4.07. The molecule has 174 valence electrons. The lowest BCUT2D eigenvalue weighted by Gasteiger charge is -2.24. The second kappa shape index (κ2) is 9.78. The van der Waals surface area contributed by atoms with Crippen molar-refractivity contribution >= 4 is 40.9 Å². The van der Waals surface area contributed by atoms with E-state index in [9.17, 15) is 14.0 Å². The Kier molecular flexibility index (Phi) is 6.59. The highest BCUT2D eigenvalue weighted by Gasteiger charge is 2.30. The van der Waals surface area contributed by atoms with Crippen molar-refractivity contribution in [2.24, 2.45) is 0 Å². The van der Waals surface area contributed by atoms with Gasteiger partial charge in [-0.15, -0.1) is 0 Å². The van der Waals surface area contributed by atoms with Crippen LogP contribution >= 0.6 is 23.4 Å². The zero-order chi connectivity index (χ0) is 23.7. The van der Waals surface area contributed by atoms with Crippen LogP contribution in [0.2, 0.25) is 5.02 Å². The number of halogens is 2. The van der Waals surface area contributed by atoms with Crippen LogP contribution < -0.4 is 4.90 Å². The van der Waals surface area contributed by atoms with Gasteiger partial charge in [-0.3, -0.25) is 4.79 Å². The highest BCUT2D eigenvalue weighted by molar-refractivity contribution is 7.99. The van der Waals surface area contributed by atoms with E-state index in [4.69, 9.17) is 21.1 Å². The van der Waals surface area contributed by atoms with Crippen molar-refractivity contribution in [3.8, 4) is 0 Å². The lowest BCUT2D eigenvalue weighted by Crippen LogP contribution is -2.31. The van der Waals surface area contributed by atoms with Crippen LogP contribution in [0.15, 0.2) is 70.5 Å². The second-order valence-electron chi connectivity index (χ2n) is 8.11. The normalized spacial score (nSPS) is 17.2. The molecule has 3 aromatic rings. The Morgan fingerprint density at radius 1 is 1.15 bits per heavy atom. The van der Waals surface area contributed by atoms with Gasteiger partial charge in [0.25, 0.3) is 5.91 Å². The standard InChI is InChI=1S/C26H21ClFNO4S/c27-20-7-3-8-21(28)19(20)14-29-22-13-16(26(31)33-15-17-5-4-12-32-17)10-11-24(22)34-23-9-2-1-6-18(23)25(29)30/h1-3,6-11,13,17H,4-5,12,14-15H2/t17-/m1/s1. The van der Waals surface area contributed by atoms with Gasteiger partial charge in [-0.2, -0.15) is 0 Å². The number of fused-ring (bicyclic) bond motifs is 2. The van der Waals surface area contributed by atoms with Crippen molar-refractivity contribution in [2.45, 2.75) is 35.3 Å². The van der Waals surface area contributed by atoms with E-state index in [0.717, 1.165) is 22.6 Å². The molecule has 0 N–H and O–H groups in total. The zero-order valence-electron chi connectivity index (χ0n) is 18.1. The van der Waals surface area contributed by atoms with E-state index in [1.54, 1.807) is 36.4 Å². The van der Waals surface area contributed by atoms with E-state index in [1.165, 1.54) is 28.8 Å². The molecule has 5 rings (SSSR count). The van der Waals surface area contributed by atoms with Gasteiger partial charge in [0, 0.05) is 27.0 Å². The van der Waals surface area contributed by atoms with Gasteiger partial charge in [0.15, 0.2) is 0 Å². The minimum Gasteiger partial charge on any atom is -0.459 e. The third-order valence-corrected chi connectivity index (χ3v) is 7.37. The molecule has 1 fully saturated rings. The molecule has 2 aliphatic heterocycles. The first-order chi connectivity index (χ1) is 16.5. The van der Waals surface area contributed by atoms with Crippen molar-refractivity contribution < 1.29 is 23.5 Å². The summed E-state index contributed by atoms with van der Waals surface area (Å²) in [4.78, 5) is 29.4. The molecular formula is C26H21ClFNO4S. The molecule has 0 radical (unpaired) electrons. The van der Waals surface area contributed by atoms with E-state index in [2.05, 4.69) is 0 Å². The highest BCUT2D eigenvalue weighted by Crippen LogP contribution is 2.42. The number of carbonyl (C=O) groups is 2. The molecule has 2 heterocycles. The van der Waals surface area contributed by atoms with Crippen LogP contribution in [-0.2, 0) is 16.0 Å². The molecule has 8 heteroatoms. The minimum atomic E-state index is -0.501. The number of amides is 1. The molecule has 0 bridgehead atoms. The monoisotopic (exact) mass is 497 g/mol. The quantitative estimate of drug-likeness (QED) is 0.397. The molecule has 0 saturated carbocycles. The zero-order valence-corrected chi connectivity index (χ0v) is 19.7. The van der Waals surface area contributed by atoms with Crippen LogP contribution in [-0.4, -0.2) is 31.2 Å². The van der Waals surface area contributed by atoms with Crippen LogP contribution in [0.4, 0.5) is 10.1 Å². The van der Waals surface area contributed by atoms with Gasteiger partial charge in [-0.1, -0.05) is 41.6 Å². The summed E-state index contributed by atoms with van der Waals surface area (Å²) in [5.41, 5.74) is 1.51. The first-order valence-corrected chi connectivity index (χ1v) is 12.1. The average Bonchev–Trinajstić information content (AvgIpc) is 3.33. The molecule has 2 aliphatic rings. The number of hydrogen-bond acceptors (Lipinski definition) is 5. The molecule has 1 atom stereocenters. The maximum absolute atomic E-state index is 14.6. The van der Waals surface area contributed by atoms with Crippen molar-refractivity contribution in [3.63, 3.8) is 0 Å². The van der Waals surface area contributed by atoms with Crippen LogP contribution in [0.1, 0.15) is 39.1 Å². The molecule has 34 heavy (non-hydrogen) atoms. The molecule has 3 aromatic carbocycles. The van der Waals surface area contributed by atoms with Crippen molar-refractivity contribution in [1.29, 1.82) is 0 Å². The fourth-order valence-corrected chi connectivity index (χ4v) is 5.35. The molecule has 0 aromatic heterocycles. The Bertz CT molecular complexity index is 1240. The summed E-state index contributed by atoms with van der Waals surface area (Å²) >= 11 is 7.70. The Morgan fingerprint density at radius 3 is 2.79 bits per heavy atom. The molecule has 5 nitrogen and oxygen atoms in total. The average molecular weight is 498 g/mol. The lowest BCUT2D eigenvalue weighted by atomic mass is 10.1. The van der Waals surface area contributed by atoms with E-state index in [0.29, 0.717) is 23.4 Å². The fraction of sp³-hybridized carbons (Fsp3) is 0.231. The summed E-state index contributed by atoms with van der Waals surface area (Å²) in [5.74, 6) is -1.30. The lowest BCUT2D eigenvalue weighted by molar-refractivity contribution is 0.0161. The summed E-state index contributed by atoms with van der Waals surface area (Å²) in [6, 6.07) is 16.8. The number of anilines is 1. The van der Waals surface area contributed by atoms with Crippen LogP contribution in [0.3, 0.4) is 0 Å². The number of nitrogens with zero attached hydrogens (tertiary/aromatic N) is 1.